The molecule has 0 unspecified atom stereocenters. The second kappa shape index (κ2) is 8.13. The summed E-state index contributed by atoms with van der Waals surface area (Å²) in [5.74, 6) is 0.897. The van der Waals surface area contributed by atoms with E-state index in [1.165, 1.54) is 27.2 Å². The maximum atomic E-state index is 10.6. The molecule has 0 aliphatic rings. The molecule has 7 nitrogen and oxygen atoms in total. The lowest BCUT2D eigenvalue weighted by atomic mass is 10.2. The number of rotatable bonds is 8. The zero-order valence-corrected chi connectivity index (χ0v) is 11.6. The van der Waals surface area contributed by atoms with Gasteiger partial charge < -0.3 is 18.9 Å². The fourth-order valence-electron chi connectivity index (χ4n) is 1.39. The molecule has 0 saturated heterocycles. The first-order valence-electron chi connectivity index (χ1n) is 5.78. The smallest absolute Gasteiger partial charge is 0.243 e. The number of nitrogens with zero attached hydrogens (tertiary/aromatic N) is 1. The Morgan fingerprint density at radius 2 is 1.80 bits per heavy atom. The average Bonchev–Trinajstić information content (AvgIpc) is 2.43. The fraction of sp³-hybridized carbons (Fsp3) is 0.385. The quantitative estimate of drug-likeness (QED) is 0.413. The van der Waals surface area contributed by atoms with Crippen molar-refractivity contribution in [3.8, 4) is 11.5 Å². The number of hydrogen-bond donors (Lipinski definition) is 0. The third-order valence-corrected chi connectivity index (χ3v) is 2.30. The molecular formula is C13H17NO6. The van der Waals surface area contributed by atoms with E-state index in [4.69, 9.17) is 18.9 Å². The number of hydrogen-bond acceptors (Lipinski definition) is 6. The van der Waals surface area contributed by atoms with Crippen molar-refractivity contribution in [3.05, 3.63) is 39.6 Å². The third kappa shape index (κ3) is 4.87. The van der Waals surface area contributed by atoms with Gasteiger partial charge in [0.05, 0.1) is 4.92 Å². The van der Waals surface area contributed by atoms with Crippen molar-refractivity contribution in [2.24, 2.45) is 0 Å². The van der Waals surface area contributed by atoms with Gasteiger partial charge in [-0.05, 0) is 17.7 Å². The standard InChI is InChI=1S/C13H17NO6/c1-10(14(15)16)6-11-4-5-12(19-8-17-2)13(7-11)20-9-18-3/h4-7H,8-9H2,1-3H3/b10-6+. The molecule has 7 heteroatoms. The normalized spacial score (nSPS) is 11.2. The Balaban J connectivity index is 3.00. The summed E-state index contributed by atoms with van der Waals surface area (Å²) in [6.45, 7) is 1.54. The Hall–Kier alpha value is -2.12. The van der Waals surface area contributed by atoms with Crippen LogP contribution in [0.25, 0.3) is 6.08 Å². The molecule has 20 heavy (non-hydrogen) atoms. The number of allylic oxidation sites excluding steroid dienone is 1. The van der Waals surface area contributed by atoms with Gasteiger partial charge in [-0.15, -0.1) is 0 Å². The van der Waals surface area contributed by atoms with Gasteiger partial charge in [-0.3, -0.25) is 10.1 Å². The maximum Gasteiger partial charge on any atom is 0.243 e. The second-order valence-corrected chi connectivity index (χ2v) is 3.85. The van der Waals surface area contributed by atoms with Gasteiger partial charge in [-0.2, -0.15) is 0 Å². The molecule has 0 aliphatic heterocycles. The van der Waals surface area contributed by atoms with Crippen LogP contribution in [0.15, 0.2) is 23.9 Å². The first-order chi connectivity index (χ1) is 9.58. The predicted octanol–water partition coefficient (Wildman–Crippen LogP) is 2.29. The van der Waals surface area contributed by atoms with Crippen LogP contribution in [-0.2, 0) is 9.47 Å². The van der Waals surface area contributed by atoms with Gasteiger partial charge in [0.2, 0.25) is 5.70 Å². The zero-order chi connectivity index (χ0) is 15.0. The van der Waals surface area contributed by atoms with Crippen LogP contribution in [0.4, 0.5) is 0 Å². The van der Waals surface area contributed by atoms with E-state index in [0.29, 0.717) is 17.1 Å². The monoisotopic (exact) mass is 283 g/mol. The third-order valence-electron chi connectivity index (χ3n) is 2.30. The number of nitro groups is 1. The minimum atomic E-state index is -0.453. The van der Waals surface area contributed by atoms with Crippen molar-refractivity contribution >= 4 is 6.08 Å². The molecule has 0 spiro atoms. The topological polar surface area (TPSA) is 80.1 Å². The molecule has 1 aromatic rings. The molecule has 0 N–H and O–H groups in total. The molecule has 0 saturated carbocycles. The summed E-state index contributed by atoms with van der Waals surface area (Å²) < 4.78 is 20.4. The van der Waals surface area contributed by atoms with Gasteiger partial charge in [0.15, 0.2) is 25.1 Å². The molecular weight excluding hydrogens is 266 g/mol. The first kappa shape index (κ1) is 15.9. The van der Waals surface area contributed by atoms with Gasteiger partial charge in [0.25, 0.3) is 0 Å². The van der Waals surface area contributed by atoms with E-state index >= 15 is 0 Å². The highest BCUT2D eigenvalue weighted by molar-refractivity contribution is 5.56. The van der Waals surface area contributed by atoms with Gasteiger partial charge in [-0.1, -0.05) is 6.07 Å². The summed E-state index contributed by atoms with van der Waals surface area (Å²) >= 11 is 0. The van der Waals surface area contributed by atoms with Crippen LogP contribution in [0.5, 0.6) is 11.5 Å². The highest BCUT2D eigenvalue weighted by Crippen LogP contribution is 2.29. The van der Waals surface area contributed by atoms with Crippen LogP contribution in [0.2, 0.25) is 0 Å². The lowest BCUT2D eigenvalue weighted by molar-refractivity contribution is -0.422. The van der Waals surface area contributed by atoms with Gasteiger partial charge in [0, 0.05) is 27.2 Å². The van der Waals surface area contributed by atoms with Crippen molar-refractivity contribution in [2.75, 3.05) is 27.8 Å². The second-order valence-electron chi connectivity index (χ2n) is 3.85. The van der Waals surface area contributed by atoms with E-state index in [-0.39, 0.29) is 19.3 Å². The van der Waals surface area contributed by atoms with Crippen molar-refractivity contribution in [1.82, 2.24) is 0 Å². The highest BCUT2D eigenvalue weighted by Gasteiger charge is 2.08. The average molecular weight is 283 g/mol. The molecule has 1 aromatic carbocycles. The van der Waals surface area contributed by atoms with Crippen LogP contribution in [0.1, 0.15) is 12.5 Å². The number of benzene rings is 1. The van der Waals surface area contributed by atoms with Crippen LogP contribution >= 0.6 is 0 Å². The largest absolute Gasteiger partial charge is 0.464 e. The molecule has 0 aliphatic carbocycles. The van der Waals surface area contributed by atoms with E-state index in [9.17, 15) is 10.1 Å². The predicted molar refractivity (Wildman–Crippen MR) is 72.1 cm³/mol. The number of methoxy groups -OCH3 is 2. The van der Waals surface area contributed by atoms with Crippen molar-refractivity contribution in [3.63, 3.8) is 0 Å². The Morgan fingerprint density at radius 3 is 2.35 bits per heavy atom. The van der Waals surface area contributed by atoms with Crippen LogP contribution in [0, 0.1) is 10.1 Å². The molecule has 0 atom stereocenters. The molecule has 0 fully saturated rings. The summed E-state index contributed by atoms with van der Waals surface area (Å²) in [6.07, 6.45) is 1.44. The summed E-state index contributed by atoms with van der Waals surface area (Å²) in [6, 6.07) is 4.98. The van der Waals surface area contributed by atoms with E-state index in [2.05, 4.69) is 0 Å². The van der Waals surface area contributed by atoms with Gasteiger partial charge in [0.1, 0.15) is 0 Å². The van der Waals surface area contributed by atoms with E-state index in [1.807, 2.05) is 0 Å². The molecule has 1 rings (SSSR count). The summed E-state index contributed by atoms with van der Waals surface area (Å²) in [5.41, 5.74) is 0.670. The zero-order valence-electron chi connectivity index (χ0n) is 11.6. The van der Waals surface area contributed by atoms with Gasteiger partial charge in [-0.25, -0.2) is 0 Å². The molecule has 0 bridgehead atoms. The first-order valence-corrected chi connectivity index (χ1v) is 5.78. The Labute approximate surface area is 116 Å². The minimum absolute atomic E-state index is 0.0354. The van der Waals surface area contributed by atoms with E-state index in [1.54, 1.807) is 18.2 Å². The molecule has 0 heterocycles. The van der Waals surface area contributed by atoms with Crippen LogP contribution < -0.4 is 9.47 Å². The molecule has 0 amide bonds. The summed E-state index contributed by atoms with van der Waals surface area (Å²) in [5, 5.41) is 10.6. The Morgan fingerprint density at radius 1 is 1.20 bits per heavy atom. The minimum Gasteiger partial charge on any atom is -0.464 e. The van der Waals surface area contributed by atoms with E-state index < -0.39 is 4.92 Å². The SMILES string of the molecule is COCOc1ccc(/C=C(\C)[N+](=O)[O-])cc1OCOC. The lowest BCUT2D eigenvalue weighted by Crippen LogP contribution is -2.04. The lowest BCUT2D eigenvalue weighted by Gasteiger charge is -2.12. The summed E-state index contributed by atoms with van der Waals surface area (Å²) in [7, 11) is 3.00. The van der Waals surface area contributed by atoms with Crippen LogP contribution in [0.3, 0.4) is 0 Å². The highest BCUT2D eigenvalue weighted by atomic mass is 16.7. The van der Waals surface area contributed by atoms with Crippen molar-refractivity contribution in [1.29, 1.82) is 0 Å². The molecule has 0 radical (unpaired) electrons. The fourth-order valence-corrected chi connectivity index (χ4v) is 1.39. The molecule has 110 valence electrons. The van der Waals surface area contributed by atoms with E-state index in [0.717, 1.165) is 0 Å². The Bertz CT molecular complexity index is 486. The number of ether oxygens (including phenoxy) is 4. The van der Waals surface area contributed by atoms with Crippen molar-refractivity contribution in [2.45, 2.75) is 6.92 Å². The molecule has 0 aromatic heterocycles. The van der Waals surface area contributed by atoms with Crippen LogP contribution in [-0.4, -0.2) is 32.7 Å². The Kier molecular flexibility index (Phi) is 6.48. The summed E-state index contributed by atoms with van der Waals surface area (Å²) in [4.78, 5) is 10.2. The van der Waals surface area contributed by atoms with Crippen molar-refractivity contribution < 1.29 is 23.9 Å². The van der Waals surface area contributed by atoms with Gasteiger partial charge >= 0.3 is 0 Å². The maximum absolute atomic E-state index is 10.6.